The quantitative estimate of drug-likeness (QED) is 0.0205. The van der Waals surface area contributed by atoms with Crippen LogP contribution in [0.2, 0.25) is 103 Å². The predicted octanol–water partition coefficient (Wildman–Crippen LogP) is 11.8. The molecule has 0 saturated heterocycles. The molecule has 8 rings (SSSR count). The molecular formula is C61H99N9O8Si4. The van der Waals surface area contributed by atoms with Crippen molar-refractivity contribution in [3.63, 3.8) is 0 Å². The molecule has 6 aromatic rings. The van der Waals surface area contributed by atoms with Gasteiger partial charge in [0.15, 0.2) is 11.3 Å². The lowest BCUT2D eigenvalue weighted by molar-refractivity contribution is -0.0459. The van der Waals surface area contributed by atoms with Crippen molar-refractivity contribution in [2.24, 2.45) is 0 Å². The number of hydrogen-bond acceptors (Lipinski definition) is 15. The monoisotopic (exact) mass is 1200 g/mol. The first-order valence-corrected chi connectivity index (χ1v) is 44.8. The second-order valence-corrected chi connectivity index (χ2v) is 50.5. The van der Waals surface area contributed by atoms with Gasteiger partial charge in [-0.1, -0.05) is 115 Å². The Morgan fingerprint density at radius 3 is 1.38 bits per heavy atom. The Bertz CT molecular complexity index is 2840. The van der Waals surface area contributed by atoms with Crippen molar-refractivity contribution in [1.29, 1.82) is 0 Å². The Balaban J connectivity index is 0.000000247. The fourth-order valence-corrected chi connectivity index (χ4v) is 13.1. The summed E-state index contributed by atoms with van der Waals surface area (Å²) in [7, 11) is -4.86. The lowest BCUT2D eigenvalue weighted by Gasteiger charge is -2.34. The van der Waals surface area contributed by atoms with Crippen LogP contribution < -0.4 is 9.80 Å². The van der Waals surface area contributed by atoms with Gasteiger partial charge in [-0.25, -0.2) is 9.97 Å². The Morgan fingerprint density at radius 1 is 0.524 bits per heavy atom. The Hall–Kier alpha value is -4.24. The summed E-state index contributed by atoms with van der Waals surface area (Å²) in [6.07, 6.45) is 10.9. The average Bonchev–Trinajstić information content (AvgIpc) is 4.31. The van der Waals surface area contributed by atoms with Gasteiger partial charge < -0.3 is 49.2 Å². The molecule has 5 aromatic heterocycles. The minimum atomic E-state index is -1.25. The maximum atomic E-state index is 10.8. The Morgan fingerprint density at radius 2 is 0.963 bits per heavy atom. The van der Waals surface area contributed by atoms with Gasteiger partial charge in [-0.05, 0) is 81.6 Å². The van der Waals surface area contributed by atoms with E-state index < -0.39 is 43.5 Å². The van der Waals surface area contributed by atoms with Gasteiger partial charge in [-0.2, -0.15) is 19.2 Å². The van der Waals surface area contributed by atoms with E-state index in [2.05, 4.69) is 124 Å². The molecule has 0 bridgehead atoms. The molecule has 0 unspecified atom stereocenters. The normalized spacial score (nSPS) is 20.0. The van der Waals surface area contributed by atoms with E-state index in [9.17, 15) is 20.4 Å². The van der Waals surface area contributed by atoms with Crippen LogP contribution in [0.25, 0.3) is 33.7 Å². The third-order valence-electron chi connectivity index (χ3n) is 15.9. The minimum absolute atomic E-state index is 0.148. The fraction of sp³-hybridized carbons (Fsp3) is 0.623. The molecule has 0 spiro atoms. The van der Waals surface area contributed by atoms with Crippen LogP contribution in [0.4, 0.5) is 11.6 Å². The van der Waals surface area contributed by atoms with Crippen LogP contribution in [-0.4, -0.2) is 165 Å². The molecule has 452 valence electrons. The van der Waals surface area contributed by atoms with E-state index in [-0.39, 0.29) is 25.0 Å². The van der Waals surface area contributed by atoms with Crippen LogP contribution in [0.15, 0.2) is 79.3 Å². The van der Waals surface area contributed by atoms with Crippen LogP contribution in [0, 0.1) is 0 Å². The highest BCUT2D eigenvalue weighted by molar-refractivity contribution is 6.77. The fourth-order valence-electron chi connectivity index (χ4n) is 10.1. The summed E-state index contributed by atoms with van der Waals surface area (Å²) in [6, 6.07) is 24.9. The van der Waals surface area contributed by atoms with E-state index in [1.165, 1.54) is 0 Å². The molecule has 2 fully saturated rings. The number of aromatic nitrogens is 7. The summed E-state index contributed by atoms with van der Waals surface area (Å²) < 4.78 is 28.7. The standard InChI is InChI=1S/C36H53N5O4Si2.C25H46N4O4Si2/c1-46(2,3)20-18-44-26-40(27-45-19-21-47(4,5)6)34-22-33(29-14-16-36(43,25-42)17-15-29)39-35-31(24-38-41(34)35)30-12-13-32(37-23-30)28-10-8-7-9-11-28;1-34(2,3)15-13-32-19-28(20-33-14-16-35(4,5)6)24-17-22(27-23-9-12-26-29(23)24)21-7-10-25(31,18-30)11-8-21/h7-13,22-24,29,42-43H,14-21,25-27H2,1-6H3;9,12,17,21,30-31H,7-8,10-11,13-16,18-20H2,1-6H3. The Labute approximate surface area is 492 Å². The van der Waals surface area contributed by atoms with E-state index in [0.717, 1.165) is 120 Å². The number of aliphatic hydroxyl groups is 4. The molecule has 0 aliphatic heterocycles. The number of aliphatic hydroxyl groups excluding tert-OH is 2. The van der Waals surface area contributed by atoms with E-state index >= 15 is 0 Å². The van der Waals surface area contributed by atoms with E-state index in [4.69, 9.17) is 39.0 Å². The summed E-state index contributed by atoms with van der Waals surface area (Å²) in [5, 5.41) is 49.9. The number of rotatable bonds is 28. The molecule has 17 nitrogen and oxygen atoms in total. The smallest absolute Gasteiger partial charge is 0.165 e. The molecular weight excluding hydrogens is 1100 g/mol. The van der Waals surface area contributed by atoms with Gasteiger partial charge in [0.2, 0.25) is 0 Å². The molecule has 2 saturated carbocycles. The molecule has 1 aromatic carbocycles. The summed E-state index contributed by atoms with van der Waals surface area (Å²) in [5.41, 5.74) is 5.37. The Kier molecular flexibility index (Phi) is 22.9. The number of hydrogen-bond donors (Lipinski definition) is 4. The highest BCUT2D eigenvalue weighted by Crippen LogP contribution is 2.41. The first-order valence-electron chi connectivity index (χ1n) is 30.0. The van der Waals surface area contributed by atoms with Gasteiger partial charge in [0, 0.05) is 123 Å². The molecule has 5 heterocycles. The first kappa shape index (κ1) is 65.3. The summed E-state index contributed by atoms with van der Waals surface area (Å²) in [6.45, 7) is 32.4. The number of benzene rings is 1. The van der Waals surface area contributed by atoms with Crippen LogP contribution in [0.1, 0.15) is 74.6 Å². The predicted molar refractivity (Wildman–Crippen MR) is 342 cm³/mol. The van der Waals surface area contributed by atoms with Gasteiger partial charge in [0.25, 0.3) is 0 Å². The van der Waals surface area contributed by atoms with Crippen LogP contribution in [0.5, 0.6) is 0 Å². The van der Waals surface area contributed by atoms with Gasteiger partial charge in [-0.15, -0.1) is 0 Å². The van der Waals surface area contributed by atoms with Crippen LogP contribution >= 0.6 is 0 Å². The molecule has 0 radical (unpaired) electrons. The van der Waals surface area contributed by atoms with E-state index in [1.54, 1.807) is 6.20 Å². The van der Waals surface area contributed by atoms with E-state index in [1.807, 2.05) is 51.8 Å². The molecule has 0 amide bonds. The minimum Gasteiger partial charge on any atom is -0.393 e. The lowest BCUT2D eigenvalue weighted by Crippen LogP contribution is -2.37. The molecule has 2 aliphatic rings. The first-order chi connectivity index (χ1) is 38.7. The topological polar surface area (TPSA) is 198 Å². The molecule has 2 aliphatic carbocycles. The number of anilines is 2. The molecule has 0 atom stereocenters. The zero-order chi connectivity index (χ0) is 59.4. The van der Waals surface area contributed by atoms with Crippen molar-refractivity contribution in [2.45, 2.75) is 177 Å². The molecule has 82 heavy (non-hydrogen) atoms. The van der Waals surface area contributed by atoms with E-state index in [0.29, 0.717) is 65.8 Å². The molecule has 21 heteroatoms. The third kappa shape index (κ3) is 19.7. The van der Waals surface area contributed by atoms with Gasteiger partial charge in [0.05, 0.1) is 42.5 Å². The second-order valence-electron chi connectivity index (χ2n) is 28.1. The lowest BCUT2D eigenvalue weighted by atomic mass is 9.78. The zero-order valence-electron chi connectivity index (χ0n) is 51.7. The van der Waals surface area contributed by atoms with Crippen molar-refractivity contribution < 1.29 is 39.4 Å². The number of ether oxygens (including phenoxy) is 4. The largest absolute Gasteiger partial charge is 0.393 e. The van der Waals surface area contributed by atoms with Crippen molar-refractivity contribution in [3.8, 4) is 22.4 Å². The summed E-state index contributed by atoms with van der Waals surface area (Å²) >= 11 is 0. The zero-order valence-corrected chi connectivity index (χ0v) is 55.7. The van der Waals surface area contributed by atoms with Gasteiger partial charge in [-0.3, -0.25) is 4.98 Å². The second kappa shape index (κ2) is 28.8. The van der Waals surface area contributed by atoms with Gasteiger partial charge >= 0.3 is 0 Å². The molecule has 4 N–H and O–H groups in total. The van der Waals surface area contributed by atoms with Gasteiger partial charge in [0.1, 0.15) is 38.6 Å². The van der Waals surface area contributed by atoms with Crippen molar-refractivity contribution in [2.75, 3.05) is 76.4 Å². The number of fused-ring (bicyclic) bond motifs is 2. The number of pyridine rings is 1. The van der Waals surface area contributed by atoms with Crippen molar-refractivity contribution in [1.82, 2.24) is 34.2 Å². The highest BCUT2D eigenvalue weighted by Gasteiger charge is 2.36. The number of nitrogens with zero attached hydrogens (tertiary/aromatic N) is 9. The van der Waals surface area contributed by atoms with Crippen molar-refractivity contribution in [3.05, 3.63) is 90.6 Å². The third-order valence-corrected chi connectivity index (χ3v) is 22.7. The summed E-state index contributed by atoms with van der Waals surface area (Å²) in [5.74, 6) is 2.17. The average molecular weight is 1200 g/mol. The maximum Gasteiger partial charge on any atom is 0.165 e. The highest BCUT2D eigenvalue weighted by atomic mass is 28.3. The van der Waals surface area contributed by atoms with Crippen molar-refractivity contribution >= 4 is 55.2 Å². The maximum absolute atomic E-state index is 10.8. The summed E-state index contributed by atoms with van der Waals surface area (Å²) in [4.78, 5) is 19.1. The van der Waals surface area contributed by atoms with Crippen LogP contribution in [0.3, 0.4) is 0 Å². The SMILES string of the molecule is C[Si](C)(C)CCOCN(COCC[Si](C)(C)C)c1cc(C2CCC(O)(CO)CC2)nc2c(-c3ccc(-c4ccccc4)nc3)cnn12.C[Si](C)(C)CCOCN(COCC[Si](C)(C)C)c1cc(C2CCC(O)(CO)CC2)nc2ccnn12. The van der Waals surface area contributed by atoms with Crippen LogP contribution in [-0.2, 0) is 18.9 Å².